The quantitative estimate of drug-likeness (QED) is 0.594. The lowest BCUT2D eigenvalue weighted by Gasteiger charge is -2.16. The summed E-state index contributed by atoms with van der Waals surface area (Å²) in [6, 6.07) is 8.85. The third-order valence-electron chi connectivity index (χ3n) is 3.90. The van der Waals surface area contributed by atoms with Crippen molar-refractivity contribution in [2.24, 2.45) is 0 Å². The van der Waals surface area contributed by atoms with Crippen LogP contribution >= 0.6 is 11.3 Å². The van der Waals surface area contributed by atoms with Gasteiger partial charge in [0.05, 0.1) is 17.7 Å². The number of H-pyrrole nitrogens is 1. The van der Waals surface area contributed by atoms with Gasteiger partial charge in [0.1, 0.15) is 23.2 Å². The van der Waals surface area contributed by atoms with Crippen LogP contribution < -0.4 is 5.56 Å². The molecular formula is C17H14N6O2S. The zero-order valence-electron chi connectivity index (χ0n) is 13.8. The molecule has 0 radical (unpaired) electrons. The number of aromatic amines is 1. The van der Waals surface area contributed by atoms with Gasteiger partial charge in [0, 0.05) is 12.6 Å². The maximum absolute atomic E-state index is 12.6. The number of amides is 1. The van der Waals surface area contributed by atoms with Crippen molar-refractivity contribution in [1.29, 1.82) is 0 Å². The Hall–Kier alpha value is -3.33. The number of benzene rings is 1. The van der Waals surface area contributed by atoms with Crippen LogP contribution in [-0.4, -0.2) is 42.6 Å². The van der Waals surface area contributed by atoms with E-state index in [2.05, 4.69) is 20.1 Å². The Balaban J connectivity index is 1.52. The van der Waals surface area contributed by atoms with Gasteiger partial charge >= 0.3 is 0 Å². The SMILES string of the molecule is CN(Cc1nc2ccsc2c(=O)[nH]1)C(=O)c1ccc(-n2cncn2)cc1. The molecule has 26 heavy (non-hydrogen) atoms. The number of carbonyl (C=O) groups excluding carboxylic acids is 1. The maximum atomic E-state index is 12.6. The zero-order chi connectivity index (χ0) is 18.1. The molecule has 0 aliphatic carbocycles. The zero-order valence-corrected chi connectivity index (χ0v) is 14.6. The summed E-state index contributed by atoms with van der Waals surface area (Å²) in [4.78, 5) is 37.2. The van der Waals surface area contributed by atoms with Crippen LogP contribution in [-0.2, 0) is 6.54 Å². The Labute approximate surface area is 151 Å². The van der Waals surface area contributed by atoms with Gasteiger partial charge in [-0.15, -0.1) is 11.3 Å². The molecule has 0 spiro atoms. The second-order valence-electron chi connectivity index (χ2n) is 5.70. The maximum Gasteiger partial charge on any atom is 0.268 e. The number of nitrogens with one attached hydrogen (secondary N) is 1. The van der Waals surface area contributed by atoms with Crippen molar-refractivity contribution in [1.82, 2.24) is 29.6 Å². The van der Waals surface area contributed by atoms with Crippen LogP contribution in [0.25, 0.3) is 15.9 Å². The standard InChI is InChI=1S/C17H14N6O2S/c1-22(8-14-20-13-6-7-26-15(13)16(24)21-14)17(25)11-2-4-12(5-3-11)23-10-18-9-19-23/h2-7,9-10H,8H2,1H3,(H,20,21,24). The molecular weight excluding hydrogens is 352 g/mol. The average molecular weight is 366 g/mol. The normalized spacial score (nSPS) is 11.0. The lowest BCUT2D eigenvalue weighted by atomic mass is 10.2. The molecule has 1 N–H and O–H groups in total. The van der Waals surface area contributed by atoms with Crippen LogP contribution in [0.4, 0.5) is 0 Å². The van der Waals surface area contributed by atoms with Gasteiger partial charge in [-0.2, -0.15) is 5.10 Å². The predicted octanol–water partition coefficient (Wildman–Crippen LogP) is 1.84. The Morgan fingerprint density at radius 1 is 1.27 bits per heavy atom. The highest BCUT2D eigenvalue weighted by Gasteiger charge is 2.14. The van der Waals surface area contributed by atoms with Crippen molar-refractivity contribution in [2.45, 2.75) is 6.54 Å². The summed E-state index contributed by atoms with van der Waals surface area (Å²) in [5.41, 5.74) is 1.82. The van der Waals surface area contributed by atoms with Crippen molar-refractivity contribution < 1.29 is 4.79 Å². The number of thiophene rings is 1. The van der Waals surface area contributed by atoms with Gasteiger partial charge in [-0.05, 0) is 35.7 Å². The molecule has 3 aromatic heterocycles. The predicted molar refractivity (Wildman–Crippen MR) is 97.4 cm³/mol. The second kappa shape index (κ2) is 6.52. The lowest BCUT2D eigenvalue weighted by Crippen LogP contribution is -2.28. The molecule has 4 rings (SSSR count). The first-order chi connectivity index (χ1) is 12.6. The van der Waals surface area contributed by atoms with Gasteiger partial charge in [-0.1, -0.05) is 0 Å². The number of fused-ring (bicyclic) bond motifs is 1. The molecule has 0 saturated heterocycles. The minimum absolute atomic E-state index is 0.164. The number of nitrogens with zero attached hydrogens (tertiary/aromatic N) is 5. The van der Waals surface area contributed by atoms with Crippen LogP contribution in [0.15, 0.2) is 53.2 Å². The van der Waals surface area contributed by atoms with E-state index in [9.17, 15) is 9.59 Å². The minimum atomic E-state index is -0.182. The number of hydrogen-bond acceptors (Lipinski definition) is 6. The fourth-order valence-electron chi connectivity index (χ4n) is 2.61. The van der Waals surface area contributed by atoms with E-state index in [1.807, 2.05) is 5.38 Å². The fraction of sp³-hybridized carbons (Fsp3) is 0.118. The molecule has 0 atom stereocenters. The van der Waals surface area contributed by atoms with E-state index in [4.69, 9.17) is 0 Å². The van der Waals surface area contributed by atoms with E-state index < -0.39 is 0 Å². The molecule has 9 heteroatoms. The topological polar surface area (TPSA) is 96.8 Å². The molecule has 4 aromatic rings. The van der Waals surface area contributed by atoms with E-state index >= 15 is 0 Å². The highest BCUT2D eigenvalue weighted by molar-refractivity contribution is 7.17. The minimum Gasteiger partial charge on any atom is -0.334 e. The molecule has 130 valence electrons. The van der Waals surface area contributed by atoms with Gasteiger partial charge < -0.3 is 9.88 Å². The third kappa shape index (κ3) is 3.00. The molecule has 1 aromatic carbocycles. The highest BCUT2D eigenvalue weighted by atomic mass is 32.1. The number of hydrogen-bond donors (Lipinski definition) is 1. The Kier molecular flexibility index (Phi) is 4.05. The lowest BCUT2D eigenvalue weighted by molar-refractivity contribution is 0.0781. The van der Waals surface area contributed by atoms with E-state index in [0.29, 0.717) is 21.6 Å². The van der Waals surface area contributed by atoms with Crippen LogP contribution in [0.3, 0.4) is 0 Å². The molecule has 8 nitrogen and oxygen atoms in total. The second-order valence-corrected chi connectivity index (χ2v) is 6.61. The summed E-state index contributed by atoms with van der Waals surface area (Å²) in [5, 5.41) is 5.87. The van der Waals surface area contributed by atoms with Gasteiger partial charge in [-0.25, -0.2) is 14.6 Å². The van der Waals surface area contributed by atoms with Crippen molar-refractivity contribution in [3.05, 3.63) is 70.1 Å². The summed E-state index contributed by atoms with van der Waals surface area (Å²) in [6.07, 6.45) is 3.04. The Morgan fingerprint density at radius 2 is 2.08 bits per heavy atom. The molecule has 0 bridgehead atoms. The van der Waals surface area contributed by atoms with Crippen LogP contribution in [0.2, 0.25) is 0 Å². The molecule has 0 saturated carbocycles. The first-order valence-electron chi connectivity index (χ1n) is 7.79. The number of aromatic nitrogens is 5. The van der Waals surface area contributed by atoms with E-state index in [1.165, 1.54) is 22.6 Å². The van der Waals surface area contributed by atoms with Crippen molar-refractivity contribution in [3.63, 3.8) is 0 Å². The fourth-order valence-corrected chi connectivity index (χ4v) is 3.34. The summed E-state index contributed by atoms with van der Waals surface area (Å²) < 4.78 is 2.20. The Bertz CT molecular complexity index is 1110. The molecule has 0 aliphatic heterocycles. The summed E-state index contributed by atoms with van der Waals surface area (Å²) in [7, 11) is 1.67. The number of rotatable bonds is 4. The molecule has 0 unspecified atom stereocenters. The first kappa shape index (κ1) is 16.2. The highest BCUT2D eigenvalue weighted by Crippen LogP contribution is 2.15. The average Bonchev–Trinajstić information content (AvgIpc) is 3.33. The van der Waals surface area contributed by atoms with Crippen molar-refractivity contribution in [2.75, 3.05) is 7.05 Å². The smallest absolute Gasteiger partial charge is 0.268 e. The summed E-state index contributed by atoms with van der Waals surface area (Å²) in [6.45, 7) is 0.213. The summed E-state index contributed by atoms with van der Waals surface area (Å²) >= 11 is 1.35. The van der Waals surface area contributed by atoms with Crippen LogP contribution in [0, 0.1) is 0 Å². The monoisotopic (exact) mass is 366 g/mol. The van der Waals surface area contributed by atoms with Gasteiger partial charge in [-0.3, -0.25) is 9.59 Å². The first-order valence-corrected chi connectivity index (χ1v) is 8.67. The Morgan fingerprint density at radius 3 is 2.81 bits per heavy atom. The van der Waals surface area contributed by atoms with Gasteiger partial charge in [0.25, 0.3) is 11.5 Å². The van der Waals surface area contributed by atoms with Gasteiger partial charge in [0.2, 0.25) is 0 Å². The molecule has 0 aliphatic rings. The molecule has 1 amide bonds. The molecule has 3 heterocycles. The third-order valence-corrected chi connectivity index (χ3v) is 4.80. The van der Waals surface area contributed by atoms with E-state index in [1.54, 1.807) is 48.4 Å². The molecule has 0 fully saturated rings. The van der Waals surface area contributed by atoms with E-state index in [-0.39, 0.29) is 18.0 Å². The van der Waals surface area contributed by atoms with E-state index in [0.717, 1.165) is 5.69 Å². The van der Waals surface area contributed by atoms with Gasteiger partial charge in [0.15, 0.2) is 0 Å². The largest absolute Gasteiger partial charge is 0.334 e. The van der Waals surface area contributed by atoms with Crippen molar-refractivity contribution in [3.8, 4) is 5.69 Å². The van der Waals surface area contributed by atoms with Crippen molar-refractivity contribution >= 4 is 27.5 Å². The number of carbonyl (C=O) groups is 1. The van der Waals surface area contributed by atoms with Crippen LogP contribution in [0.1, 0.15) is 16.2 Å². The van der Waals surface area contributed by atoms with Crippen LogP contribution in [0.5, 0.6) is 0 Å². The summed E-state index contributed by atoms with van der Waals surface area (Å²) in [5.74, 6) is 0.291.